The fraction of sp³-hybridized carbons (Fsp3) is 0.391. The second kappa shape index (κ2) is 16.3. The normalized spacial score (nSPS) is 21.2. The standard InChI is InChI=1S/C46H48ClFN6O5/c1-53(46-15-12-45(13-16-46,14-17-46)44(56)57)26-31-18-29(22-49)30(21-40(31)58-2)27-54-39-9-5-7-34(36(39)25-51-54)35-8-4-6-33(43(35)47)28-19-38(48)37(41(20-28)59-3)24-50-23-32-10-11-42(55)52-32/h4-9,18-21,25,32,50H,10-17,23-24,26-27H2,1-3H3,(H,52,55)(H,56,57)/t32-,45?,46?/m0/s1. The van der Waals surface area contributed by atoms with Crippen LogP contribution in [0.4, 0.5) is 4.39 Å². The minimum Gasteiger partial charge on any atom is -0.496 e. The third-order valence-corrected chi connectivity index (χ3v) is 13.7. The molecule has 9 rings (SSSR count). The van der Waals surface area contributed by atoms with E-state index in [0.29, 0.717) is 84.1 Å². The maximum Gasteiger partial charge on any atom is 0.309 e. The average molecular weight is 819 g/mol. The summed E-state index contributed by atoms with van der Waals surface area (Å²) >= 11 is 7.17. The first kappa shape index (κ1) is 40.3. The molecule has 4 aliphatic rings. The molecule has 0 spiro atoms. The van der Waals surface area contributed by atoms with Gasteiger partial charge in [-0.15, -0.1) is 0 Å². The number of carboxylic acid groups (broad SMARTS) is 1. The third-order valence-electron chi connectivity index (χ3n) is 13.3. The van der Waals surface area contributed by atoms with Crippen molar-refractivity contribution in [2.45, 2.75) is 82.6 Å². The molecule has 1 saturated heterocycles. The molecule has 3 N–H and O–H groups in total. The van der Waals surface area contributed by atoms with Crippen molar-refractivity contribution in [1.82, 2.24) is 25.3 Å². The van der Waals surface area contributed by atoms with Gasteiger partial charge in [0.1, 0.15) is 17.3 Å². The number of carbonyl (C=O) groups excluding carboxylic acids is 1. The number of methoxy groups -OCH3 is 2. The minimum atomic E-state index is -0.668. The van der Waals surface area contributed by atoms with Crippen molar-refractivity contribution in [2.24, 2.45) is 5.41 Å². The molecule has 3 aliphatic carbocycles. The molecule has 0 unspecified atom stereocenters. The van der Waals surface area contributed by atoms with Gasteiger partial charge in [-0.2, -0.15) is 10.4 Å². The number of nitrogens with one attached hydrogen (secondary N) is 2. The Balaban J connectivity index is 1.03. The Morgan fingerprint density at radius 1 is 1.03 bits per heavy atom. The average Bonchev–Trinajstić information content (AvgIpc) is 3.87. The van der Waals surface area contributed by atoms with Crippen LogP contribution < -0.4 is 20.1 Å². The highest BCUT2D eigenvalue weighted by atomic mass is 35.5. The number of carboxylic acids is 1. The van der Waals surface area contributed by atoms with Crippen molar-refractivity contribution in [3.63, 3.8) is 0 Å². The number of rotatable bonds is 14. The van der Waals surface area contributed by atoms with E-state index in [0.717, 1.165) is 58.8 Å². The highest BCUT2D eigenvalue weighted by Gasteiger charge is 2.54. The van der Waals surface area contributed by atoms with Gasteiger partial charge in [-0.25, -0.2) is 4.39 Å². The molecule has 13 heteroatoms. The predicted molar refractivity (Wildman–Crippen MR) is 224 cm³/mol. The zero-order valence-corrected chi connectivity index (χ0v) is 34.3. The number of ether oxygens (including phenoxy) is 2. The molecule has 0 radical (unpaired) electrons. The quantitative estimate of drug-likeness (QED) is 0.101. The second-order valence-corrected chi connectivity index (χ2v) is 16.8. The summed E-state index contributed by atoms with van der Waals surface area (Å²) in [5.41, 5.74) is 5.65. The molecule has 4 fully saturated rings. The number of fused-ring (bicyclic) bond motifs is 4. The maximum atomic E-state index is 15.7. The topological polar surface area (TPSA) is 142 Å². The molecule has 11 nitrogen and oxygen atoms in total. The molecule has 1 amide bonds. The van der Waals surface area contributed by atoms with Crippen molar-refractivity contribution in [3.05, 3.63) is 100.0 Å². The highest BCUT2D eigenvalue weighted by molar-refractivity contribution is 6.36. The summed E-state index contributed by atoms with van der Waals surface area (Å²) < 4.78 is 29.1. The Bertz CT molecular complexity index is 2470. The largest absolute Gasteiger partial charge is 0.496 e. The lowest BCUT2D eigenvalue weighted by atomic mass is 9.57. The van der Waals surface area contributed by atoms with Gasteiger partial charge in [-0.05, 0) is 99.0 Å². The number of amides is 1. The van der Waals surface area contributed by atoms with Gasteiger partial charge in [0.15, 0.2) is 0 Å². The van der Waals surface area contributed by atoms with Crippen LogP contribution in [0.3, 0.4) is 0 Å². The lowest BCUT2D eigenvalue weighted by Crippen LogP contribution is -2.56. The van der Waals surface area contributed by atoms with Crippen LogP contribution in [0.15, 0.2) is 66.9 Å². The van der Waals surface area contributed by atoms with E-state index in [2.05, 4.69) is 28.7 Å². The van der Waals surface area contributed by atoms with E-state index in [1.165, 1.54) is 13.2 Å². The fourth-order valence-electron chi connectivity index (χ4n) is 9.61. The molecule has 1 aromatic heterocycles. The van der Waals surface area contributed by atoms with Gasteiger partial charge < -0.3 is 25.2 Å². The number of nitriles is 1. The molecule has 2 heterocycles. The van der Waals surface area contributed by atoms with E-state index in [-0.39, 0.29) is 24.0 Å². The van der Waals surface area contributed by atoms with Crippen LogP contribution in [0, 0.1) is 22.6 Å². The van der Waals surface area contributed by atoms with E-state index < -0.39 is 17.2 Å². The SMILES string of the molecule is COc1cc(Cn2ncc3c(-c4cccc(-c5cc(F)c(CNC[C@@H]6CCC(=O)N6)c(OC)c5)c4Cl)cccc32)c(C#N)cc1CN(C)C12CCC(C(=O)O)(CC1)CC2. The molecule has 3 saturated carbocycles. The maximum absolute atomic E-state index is 15.7. The summed E-state index contributed by atoms with van der Waals surface area (Å²) in [5, 5.41) is 32.5. The van der Waals surface area contributed by atoms with Crippen LogP contribution in [0.1, 0.15) is 73.6 Å². The molecular weight excluding hydrogens is 771 g/mol. The van der Waals surface area contributed by atoms with Gasteiger partial charge in [0, 0.05) is 65.3 Å². The first-order chi connectivity index (χ1) is 28.5. The van der Waals surface area contributed by atoms with Gasteiger partial charge in [0.25, 0.3) is 0 Å². The van der Waals surface area contributed by atoms with Crippen molar-refractivity contribution >= 4 is 34.4 Å². The second-order valence-electron chi connectivity index (χ2n) is 16.4. The minimum absolute atomic E-state index is 0.0252. The van der Waals surface area contributed by atoms with E-state index in [9.17, 15) is 20.0 Å². The predicted octanol–water partition coefficient (Wildman–Crippen LogP) is 8.08. The van der Waals surface area contributed by atoms with Crippen molar-refractivity contribution in [1.29, 1.82) is 5.26 Å². The Morgan fingerprint density at radius 3 is 2.42 bits per heavy atom. The zero-order chi connectivity index (χ0) is 41.5. The van der Waals surface area contributed by atoms with E-state index in [1.54, 1.807) is 19.4 Å². The van der Waals surface area contributed by atoms with Gasteiger partial charge in [-0.1, -0.05) is 41.9 Å². The zero-order valence-electron chi connectivity index (χ0n) is 33.5. The molecule has 306 valence electrons. The van der Waals surface area contributed by atoms with Crippen LogP contribution in [-0.4, -0.2) is 71.1 Å². The van der Waals surface area contributed by atoms with Crippen LogP contribution in [-0.2, 0) is 29.2 Å². The van der Waals surface area contributed by atoms with Gasteiger partial charge in [0.2, 0.25) is 5.91 Å². The van der Waals surface area contributed by atoms with E-state index in [4.69, 9.17) is 26.2 Å². The van der Waals surface area contributed by atoms with Crippen molar-refractivity contribution in [2.75, 3.05) is 27.8 Å². The first-order valence-electron chi connectivity index (χ1n) is 20.1. The number of hydrogen-bond donors (Lipinski definition) is 3. The Morgan fingerprint density at radius 2 is 1.75 bits per heavy atom. The van der Waals surface area contributed by atoms with Gasteiger partial charge in [0.05, 0.1) is 54.5 Å². The van der Waals surface area contributed by atoms with Gasteiger partial charge in [-0.3, -0.25) is 19.2 Å². The molecular formula is C46H48ClFN6O5. The number of halogens is 2. The molecule has 4 aromatic carbocycles. The summed E-state index contributed by atoms with van der Waals surface area (Å²) in [6, 6.07) is 21.1. The number of benzene rings is 4. The Labute approximate surface area is 348 Å². The first-order valence-corrected chi connectivity index (χ1v) is 20.5. The monoisotopic (exact) mass is 818 g/mol. The fourth-order valence-corrected chi connectivity index (χ4v) is 9.95. The smallest absolute Gasteiger partial charge is 0.309 e. The molecule has 1 aliphatic heterocycles. The lowest BCUT2D eigenvalue weighted by Gasteiger charge is -2.55. The van der Waals surface area contributed by atoms with Gasteiger partial charge >= 0.3 is 5.97 Å². The molecule has 2 bridgehead atoms. The number of carbonyl (C=O) groups is 2. The number of hydrogen-bond acceptors (Lipinski definition) is 8. The summed E-state index contributed by atoms with van der Waals surface area (Å²) in [5.74, 6) is 0.0250. The third kappa shape index (κ3) is 7.52. The molecule has 5 aromatic rings. The number of aromatic nitrogens is 2. The van der Waals surface area contributed by atoms with Crippen LogP contribution in [0.25, 0.3) is 33.2 Å². The van der Waals surface area contributed by atoms with Crippen LogP contribution in [0.5, 0.6) is 11.5 Å². The summed E-state index contributed by atoms with van der Waals surface area (Å²) in [7, 11) is 5.25. The number of aliphatic carboxylic acids is 1. The molecule has 1 atom stereocenters. The van der Waals surface area contributed by atoms with Crippen LogP contribution >= 0.6 is 11.6 Å². The molecule has 59 heavy (non-hydrogen) atoms. The van der Waals surface area contributed by atoms with Crippen molar-refractivity contribution in [3.8, 4) is 39.8 Å². The summed E-state index contributed by atoms with van der Waals surface area (Å²) in [6.45, 7) is 1.68. The Kier molecular flexibility index (Phi) is 11.1. The Hall–Kier alpha value is -5.48. The number of nitrogens with zero attached hydrogens (tertiary/aromatic N) is 4. The van der Waals surface area contributed by atoms with E-state index >= 15 is 4.39 Å². The lowest BCUT2D eigenvalue weighted by molar-refractivity contribution is -0.160. The van der Waals surface area contributed by atoms with Crippen molar-refractivity contribution < 1.29 is 28.6 Å². The van der Waals surface area contributed by atoms with Crippen LogP contribution in [0.2, 0.25) is 5.02 Å². The highest BCUT2D eigenvalue weighted by Crippen LogP contribution is 2.55. The summed E-state index contributed by atoms with van der Waals surface area (Å²) in [6.07, 6.45) is 7.65. The van der Waals surface area contributed by atoms with E-state index in [1.807, 2.05) is 53.2 Å². The summed E-state index contributed by atoms with van der Waals surface area (Å²) in [4.78, 5) is 25.9.